The molecule has 1 heterocycles. The second-order valence-corrected chi connectivity index (χ2v) is 5.48. The molecule has 0 spiro atoms. The highest BCUT2D eigenvalue weighted by Gasteiger charge is 2.13. The monoisotopic (exact) mass is 332 g/mol. The second kappa shape index (κ2) is 8.33. The fourth-order valence-corrected chi connectivity index (χ4v) is 2.43. The van der Waals surface area contributed by atoms with E-state index in [1.807, 2.05) is 0 Å². The van der Waals surface area contributed by atoms with E-state index in [9.17, 15) is 4.39 Å². The average Bonchev–Trinajstić information content (AvgIpc) is 2.91. The van der Waals surface area contributed by atoms with Crippen LogP contribution < -0.4 is 0 Å². The zero-order valence-electron chi connectivity index (χ0n) is 11.1. The molecule has 0 unspecified atom stereocenters. The van der Waals surface area contributed by atoms with Gasteiger partial charge in [0, 0.05) is 16.3 Å². The topological polar surface area (TPSA) is 68.4 Å². The Labute approximate surface area is 130 Å². The predicted molar refractivity (Wildman–Crippen MR) is 77.1 cm³/mol. The van der Waals surface area contributed by atoms with Crippen molar-refractivity contribution in [2.75, 3.05) is 25.6 Å². The van der Waals surface area contributed by atoms with Gasteiger partial charge in [0.05, 0.1) is 26.2 Å². The third kappa shape index (κ3) is 4.96. The average molecular weight is 333 g/mol. The lowest BCUT2D eigenvalue weighted by molar-refractivity contribution is 0.103. The normalized spacial score (nSPS) is 11.0. The first-order valence-corrected chi connectivity index (χ1v) is 7.63. The highest BCUT2D eigenvalue weighted by Crippen LogP contribution is 2.23. The molecule has 0 aliphatic carbocycles. The maximum atomic E-state index is 13.6. The molecular weight excluding hydrogens is 319 g/mol. The minimum atomic E-state index is -0.396. The third-order valence-electron chi connectivity index (χ3n) is 2.53. The standard InChI is InChI=1S/C13H14ClFN2O3S/c14-10-2-1-3-11(15)9(10)8-12-16-17-13(20-12)21-7-6-19-5-4-18/h1-3,18H,4-8H2. The number of ether oxygens (including phenoxy) is 1. The zero-order valence-corrected chi connectivity index (χ0v) is 12.7. The molecule has 114 valence electrons. The maximum Gasteiger partial charge on any atom is 0.276 e. The van der Waals surface area contributed by atoms with E-state index < -0.39 is 5.82 Å². The summed E-state index contributed by atoms with van der Waals surface area (Å²) in [6.07, 6.45) is 0.153. The van der Waals surface area contributed by atoms with E-state index in [1.165, 1.54) is 17.8 Å². The van der Waals surface area contributed by atoms with Crippen molar-refractivity contribution in [3.05, 3.63) is 40.5 Å². The Hall–Kier alpha value is -1.15. The van der Waals surface area contributed by atoms with E-state index in [1.54, 1.807) is 12.1 Å². The highest BCUT2D eigenvalue weighted by atomic mass is 35.5. The Balaban J connectivity index is 1.88. The van der Waals surface area contributed by atoms with E-state index in [-0.39, 0.29) is 13.0 Å². The number of aliphatic hydroxyl groups excluding tert-OH is 1. The van der Waals surface area contributed by atoms with Gasteiger partial charge in [-0.2, -0.15) is 0 Å². The minimum absolute atomic E-state index is 0.00122. The van der Waals surface area contributed by atoms with Crippen molar-refractivity contribution in [2.24, 2.45) is 0 Å². The minimum Gasteiger partial charge on any atom is -0.416 e. The summed E-state index contributed by atoms with van der Waals surface area (Å²) in [4.78, 5) is 0. The fraction of sp³-hybridized carbons (Fsp3) is 0.385. The van der Waals surface area contributed by atoms with Crippen LogP contribution >= 0.6 is 23.4 Å². The number of thioether (sulfide) groups is 1. The Morgan fingerprint density at radius 2 is 2.19 bits per heavy atom. The summed E-state index contributed by atoms with van der Waals surface area (Å²) in [6.45, 7) is 0.780. The number of halogens is 2. The summed E-state index contributed by atoms with van der Waals surface area (Å²) in [6, 6.07) is 4.50. The first-order valence-electron chi connectivity index (χ1n) is 6.27. The van der Waals surface area contributed by atoms with Gasteiger partial charge in [0.25, 0.3) is 5.22 Å². The predicted octanol–water partition coefficient (Wildman–Crippen LogP) is 2.55. The van der Waals surface area contributed by atoms with E-state index >= 15 is 0 Å². The van der Waals surface area contributed by atoms with Crippen LogP contribution in [-0.4, -0.2) is 40.9 Å². The Morgan fingerprint density at radius 3 is 2.95 bits per heavy atom. The molecule has 2 aromatic rings. The Bertz CT molecular complexity index is 562. The van der Waals surface area contributed by atoms with Gasteiger partial charge >= 0.3 is 0 Å². The van der Waals surface area contributed by atoms with Crippen LogP contribution in [0.4, 0.5) is 4.39 Å². The molecule has 0 atom stereocenters. The molecule has 0 aliphatic heterocycles. The lowest BCUT2D eigenvalue weighted by Gasteiger charge is -2.02. The summed E-state index contributed by atoms with van der Waals surface area (Å²) in [7, 11) is 0. The quantitative estimate of drug-likeness (QED) is 0.592. The van der Waals surface area contributed by atoms with Crippen molar-refractivity contribution in [3.63, 3.8) is 0 Å². The maximum absolute atomic E-state index is 13.6. The second-order valence-electron chi connectivity index (χ2n) is 4.02. The molecule has 5 nitrogen and oxygen atoms in total. The summed E-state index contributed by atoms with van der Waals surface area (Å²) in [5.74, 6) is 0.537. The van der Waals surface area contributed by atoms with E-state index in [4.69, 9.17) is 25.9 Å². The van der Waals surface area contributed by atoms with Gasteiger partial charge < -0.3 is 14.3 Å². The first-order chi connectivity index (χ1) is 10.2. The molecule has 0 saturated heterocycles. The zero-order chi connectivity index (χ0) is 15.1. The summed E-state index contributed by atoms with van der Waals surface area (Å²) < 4.78 is 24.2. The number of hydrogen-bond acceptors (Lipinski definition) is 6. The van der Waals surface area contributed by atoms with Gasteiger partial charge in [-0.25, -0.2) is 4.39 Å². The van der Waals surface area contributed by atoms with Crippen LogP contribution in [0.15, 0.2) is 27.8 Å². The van der Waals surface area contributed by atoms with Crippen molar-refractivity contribution >= 4 is 23.4 Å². The number of nitrogens with zero attached hydrogens (tertiary/aromatic N) is 2. The molecule has 1 aromatic carbocycles. The van der Waals surface area contributed by atoms with Gasteiger partial charge in [-0.15, -0.1) is 10.2 Å². The van der Waals surface area contributed by atoms with Crippen molar-refractivity contribution < 1.29 is 18.7 Å². The van der Waals surface area contributed by atoms with Gasteiger partial charge in [0.1, 0.15) is 5.82 Å². The van der Waals surface area contributed by atoms with Crippen LogP contribution in [0.2, 0.25) is 5.02 Å². The SMILES string of the molecule is OCCOCCSc1nnc(Cc2c(F)cccc2Cl)o1. The highest BCUT2D eigenvalue weighted by molar-refractivity contribution is 7.99. The summed E-state index contributed by atoms with van der Waals surface area (Å²) in [5, 5.41) is 17.0. The summed E-state index contributed by atoms with van der Waals surface area (Å²) >= 11 is 7.28. The molecule has 21 heavy (non-hydrogen) atoms. The van der Waals surface area contributed by atoms with Crippen LogP contribution in [0.5, 0.6) is 0 Å². The van der Waals surface area contributed by atoms with Crippen LogP contribution in [0.1, 0.15) is 11.5 Å². The molecule has 0 amide bonds. The number of benzene rings is 1. The third-order valence-corrected chi connectivity index (χ3v) is 3.66. The molecule has 0 bridgehead atoms. The molecule has 0 aliphatic rings. The molecule has 0 saturated carbocycles. The van der Waals surface area contributed by atoms with Crippen molar-refractivity contribution in [2.45, 2.75) is 11.6 Å². The first kappa shape index (κ1) is 16.2. The molecule has 8 heteroatoms. The van der Waals surface area contributed by atoms with Crippen molar-refractivity contribution in [1.82, 2.24) is 10.2 Å². The van der Waals surface area contributed by atoms with E-state index in [0.717, 1.165) is 0 Å². The van der Waals surface area contributed by atoms with Gasteiger partial charge in [0.15, 0.2) is 0 Å². The van der Waals surface area contributed by atoms with Gasteiger partial charge in [-0.1, -0.05) is 29.4 Å². The smallest absolute Gasteiger partial charge is 0.276 e. The molecule has 2 rings (SSSR count). The fourth-order valence-electron chi connectivity index (χ4n) is 1.57. The van der Waals surface area contributed by atoms with Crippen LogP contribution in [0.25, 0.3) is 0 Å². The van der Waals surface area contributed by atoms with Crippen molar-refractivity contribution in [3.8, 4) is 0 Å². The Kier molecular flexibility index (Phi) is 6.44. The van der Waals surface area contributed by atoms with Crippen LogP contribution in [-0.2, 0) is 11.2 Å². The molecule has 1 aromatic heterocycles. The molecule has 1 N–H and O–H groups in total. The molecular formula is C13H14ClFN2O3S. The van der Waals surface area contributed by atoms with E-state index in [2.05, 4.69) is 10.2 Å². The number of aromatic nitrogens is 2. The largest absolute Gasteiger partial charge is 0.416 e. The Morgan fingerprint density at radius 1 is 1.33 bits per heavy atom. The molecule has 0 fully saturated rings. The van der Waals surface area contributed by atoms with Crippen LogP contribution in [0.3, 0.4) is 0 Å². The number of hydrogen-bond donors (Lipinski definition) is 1. The summed E-state index contributed by atoms with van der Waals surface area (Å²) in [5.41, 5.74) is 0.339. The van der Waals surface area contributed by atoms with Crippen molar-refractivity contribution in [1.29, 1.82) is 0 Å². The lowest BCUT2D eigenvalue weighted by Crippen LogP contribution is -2.02. The van der Waals surface area contributed by atoms with E-state index in [0.29, 0.717) is 40.7 Å². The van der Waals surface area contributed by atoms with Gasteiger partial charge in [-0.05, 0) is 12.1 Å². The number of rotatable bonds is 8. The number of aliphatic hydroxyl groups is 1. The molecule has 0 radical (unpaired) electrons. The van der Waals surface area contributed by atoms with Gasteiger partial charge in [0.2, 0.25) is 5.89 Å². The lowest BCUT2D eigenvalue weighted by atomic mass is 10.1. The van der Waals surface area contributed by atoms with Gasteiger partial charge in [-0.3, -0.25) is 0 Å². The van der Waals surface area contributed by atoms with Crippen LogP contribution in [0, 0.1) is 5.82 Å².